The third-order valence-corrected chi connectivity index (χ3v) is 3.07. The van der Waals surface area contributed by atoms with Crippen LogP contribution < -0.4 is 16.4 Å². The molecule has 1 saturated heterocycles. The van der Waals surface area contributed by atoms with Crippen molar-refractivity contribution in [3.8, 4) is 0 Å². The van der Waals surface area contributed by atoms with Gasteiger partial charge in [-0.3, -0.25) is 9.59 Å². The van der Waals surface area contributed by atoms with E-state index in [0.29, 0.717) is 24.2 Å². The predicted octanol–water partition coefficient (Wildman–Crippen LogP) is 0.650. The first kappa shape index (κ1) is 11.9. The molecule has 0 aliphatic carbocycles. The zero-order chi connectivity index (χ0) is 12.4. The normalized spacial score (nSPS) is 18.9. The summed E-state index contributed by atoms with van der Waals surface area (Å²) in [5.41, 5.74) is 6.56. The van der Waals surface area contributed by atoms with Crippen LogP contribution in [0.5, 0.6) is 0 Å². The minimum Gasteiger partial charge on any atom is -0.398 e. The number of amides is 2. The highest BCUT2D eigenvalue weighted by Crippen LogP contribution is 2.18. The maximum atomic E-state index is 11.9. The smallest absolute Gasteiger partial charge is 0.253 e. The molecule has 0 spiro atoms. The Labute approximate surface area is 107 Å². The summed E-state index contributed by atoms with van der Waals surface area (Å²) in [7, 11) is 0. The minimum atomic E-state index is -0.259. The van der Waals surface area contributed by atoms with Crippen molar-refractivity contribution in [2.24, 2.45) is 0 Å². The molecule has 1 atom stereocenters. The van der Waals surface area contributed by atoms with E-state index in [-0.39, 0.29) is 17.9 Å². The first-order valence-corrected chi connectivity index (χ1v) is 5.98. The maximum absolute atomic E-state index is 11.9. The molecule has 1 aliphatic rings. The van der Waals surface area contributed by atoms with Gasteiger partial charge < -0.3 is 16.4 Å². The largest absolute Gasteiger partial charge is 0.398 e. The first-order chi connectivity index (χ1) is 8.06. The minimum absolute atomic E-state index is 0.0440. The summed E-state index contributed by atoms with van der Waals surface area (Å²) < 4.78 is 0.789. The topological polar surface area (TPSA) is 84.2 Å². The summed E-state index contributed by atoms with van der Waals surface area (Å²) >= 11 is 3.28. The predicted molar refractivity (Wildman–Crippen MR) is 67.4 cm³/mol. The van der Waals surface area contributed by atoms with Gasteiger partial charge in [0.2, 0.25) is 5.91 Å². The van der Waals surface area contributed by atoms with Gasteiger partial charge in [0, 0.05) is 23.1 Å². The molecule has 2 rings (SSSR count). The maximum Gasteiger partial charge on any atom is 0.253 e. The van der Waals surface area contributed by atoms with E-state index in [1.807, 2.05) is 0 Å². The lowest BCUT2D eigenvalue weighted by Crippen LogP contribution is -2.36. The van der Waals surface area contributed by atoms with E-state index in [4.69, 9.17) is 5.73 Å². The van der Waals surface area contributed by atoms with E-state index in [2.05, 4.69) is 26.6 Å². The van der Waals surface area contributed by atoms with E-state index in [9.17, 15) is 9.59 Å². The summed E-state index contributed by atoms with van der Waals surface area (Å²) in [6.07, 6.45) is 0.319. The second-order valence-electron chi connectivity index (χ2n) is 3.91. The Bertz CT molecular complexity index is 476. The van der Waals surface area contributed by atoms with Crippen LogP contribution in [0.4, 0.5) is 5.69 Å². The van der Waals surface area contributed by atoms with Crippen molar-refractivity contribution in [2.45, 2.75) is 12.5 Å². The van der Waals surface area contributed by atoms with Crippen LogP contribution in [0.25, 0.3) is 0 Å². The highest BCUT2D eigenvalue weighted by atomic mass is 79.9. The zero-order valence-electron chi connectivity index (χ0n) is 9.00. The van der Waals surface area contributed by atoms with Crippen LogP contribution in [0.2, 0.25) is 0 Å². The fraction of sp³-hybridized carbons (Fsp3) is 0.273. The van der Waals surface area contributed by atoms with Gasteiger partial charge in [0.05, 0.1) is 11.6 Å². The highest BCUT2D eigenvalue weighted by molar-refractivity contribution is 9.10. The molecular formula is C11H12BrN3O2. The molecular weight excluding hydrogens is 286 g/mol. The third kappa shape index (κ3) is 2.76. The number of halogens is 1. The van der Waals surface area contributed by atoms with Gasteiger partial charge in [-0.05, 0) is 18.2 Å². The molecule has 6 heteroatoms. The first-order valence-electron chi connectivity index (χ1n) is 5.19. The zero-order valence-corrected chi connectivity index (χ0v) is 10.6. The van der Waals surface area contributed by atoms with Crippen molar-refractivity contribution in [3.63, 3.8) is 0 Å². The molecule has 1 fully saturated rings. The number of hydrogen-bond donors (Lipinski definition) is 3. The lowest BCUT2D eigenvalue weighted by molar-refractivity contribution is -0.119. The quantitative estimate of drug-likeness (QED) is 0.701. The van der Waals surface area contributed by atoms with Gasteiger partial charge in [-0.25, -0.2) is 0 Å². The standard InChI is InChI=1S/C11H12BrN3O2/c12-6-1-2-9(13)8(3-6)11(17)15-7-4-10(16)14-5-7/h1-3,7H,4-5,13H2,(H,14,16)(H,15,17). The number of nitrogen functional groups attached to an aromatic ring is 1. The van der Waals surface area contributed by atoms with Crippen LogP contribution in [0, 0.1) is 0 Å². The molecule has 1 aromatic rings. The summed E-state index contributed by atoms with van der Waals surface area (Å²) in [6.45, 7) is 0.471. The van der Waals surface area contributed by atoms with Crippen LogP contribution in [-0.2, 0) is 4.79 Å². The van der Waals surface area contributed by atoms with Gasteiger partial charge in [-0.15, -0.1) is 0 Å². The van der Waals surface area contributed by atoms with Crippen LogP contribution in [-0.4, -0.2) is 24.4 Å². The van der Waals surface area contributed by atoms with Crippen molar-refractivity contribution >= 4 is 33.4 Å². The van der Waals surface area contributed by atoms with E-state index < -0.39 is 0 Å². The lowest BCUT2D eigenvalue weighted by atomic mass is 10.1. The third-order valence-electron chi connectivity index (χ3n) is 2.57. The number of carbonyl (C=O) groups is 2. The van der Waals surface area contributed by atoms with Gasteiger partial charge in [0.25, 0.3) is 5.91 Å². The number of benzene rings is 1. The molecule has 4 N–H and O–H groups in total. The van der Waals surface area contributed by atoms with Gasteiger partial charge in [0.15, 0.2) is 0 Å². The molecule has 0 bridgehead atoms. The van der Waals surface area contributed by atoms with Crippen LogP contribution >= 0.6 is 15.9 Å². The molecule has 1 aliphatic heterocycles. The molecule has 5 nitrogen and oxygen atoms in total. The molecule has 17 heavy (non-hydrogen) atoms. The van der Waals surface area contributed by atoms with Crippen molar-refractivity contribution in [2.75, 3.05) is 12.3 Å². The summed E-state index contributed by atoms with van der Waals surface area (Å²) in [5, 5.41) is 5.43. The van der Waals surface area contributed by atoms with E-state index in [0.717, 1.165) is 4.47 Å². The van der Waals surface area contributed by atoms with E-state index in [1.165, 1.54) is 0 Å². The number of carbonyl (C=O) groups excluding carboxylic acids is 2. The molecule has 1 heterocycles. The SMILES string of the molecule is Nc1ccc(Br)cc1C(=O)NC1CNC(=O)C1. The van der Waals surface area contributed by atoms with Gasteiger partial charge in [-0.2, -0.15) is 0 Å². The molecule has 90 valence electrons. The Morgan fingerprint density at radius 1 is 1.53 bits per heavy atom. The molecule has 2 amide bonds. The summed E-state index contributed by atoms with van der Waals surface area (Å²) in [5.74, 6) is -0.303. The fourth-order valence-electron chi connectivity index (χ4n) is 1.70. The van der Waals surface area contributed by atoms with E-state index >= 15 is 0 Å². The Balaban J connectivity index is 2.09. The average molecular weight is 298 g/mol. The summed E-state index contributed by atoms with van der Waals surface area (Å²) in [4.78, 5) is 22.9. The number of hydrogen-bond acceptors (Lipinski definition) is 3. The highest BCUT2D eigenvalue weighted by Gasteiger charge is 2.23. The van der Waals surface area contributed by atoms with Crippen molar-refractivity contribution in [3.05, 3.63) is 28.2 Å². The molecule has 0 saturated carbocycles. The van der Waals surface area contributed by atoms with Crippen molar-refractivity contribution < 1.29 is 9.59 Å². The average Bonchev–Trinajstić information content (AvgIpc) is 2.67. The number of rotatable bonds is 2. The molecule has 1 aromatic carbocycles. The Hall–Kier alpha value is -1.56. The monoisotopic (exact) mass is 297 g/mol. The van der Waals surface area contributed by atoms with Crippen LogP contribution in [0.15, 0.2) is 22.7 Å². The molecule has 0 aromatic heterocycles. The van der Waals surface area contributed by atoms with E-state index in [1.54, 1.807) is 18.2 Å². The summed E-state index contributed by atoms with van der Waals surface area (Å²) in [6, 6.07) is 4.94. The van der Waals surface area contributed by atoms with Gasteiger partial charge >= 0.3 is 0 Å². The molecule has 1 unspecified atom stereocenters. The second kappa shape index (κ2) is 4.75. The number of nitrogens with one attached hydrogen (secondary N) is 2. The van der Waals surface area contributed by atoms with Crippen molar-refractivity contribution in [1.82, 2.24) is 10.6 Å². The number of nitrogens with two attached hydrogens (primary N) is 1. The second-order valence-corrected chi connectivity index (χ2v) is 4.83. The van der Waals surface area contributed by atoms with Crippen molar-refractivity contribution in [1.29, 1.82) is 0 Å². The molecule has 0 radical (unpaired) electrons. The Morgan fingerprint density at radius 3 is 2.94 bits per heavy atom. The lowest BCUT2D eigenvalue weighted by Gasteiger charge is -2.12. The Kier molecular flexibility index (Phi) is 3.33. The van der Waals surface area contributed by atoms with Gasteiger partial charge in [-0.1, -0.05) is 15.9 Å². The Morgan fingerprint density at radius 2 is 2.29 bits per heavy atom. The van der Waals surface area contributed by atoms with Crippen LogP contribution in [0.3, 0.4) is 0 Å². The fourth-order valence-corrected chi connectivity index (χ4v) is 2.06. The van der Waals surface area contributed by atoms with Crippen LogP contribution in [0.1, 0.15) is 16.8 Å². The number of anilines is 1. The van der Waals surface area contributed by atoms with Gasteiger partial charge in [0.1, 0.15) is 0 Å².